The predicted molar refractivity (Wildman–Crippen MR) is 95.3 cm³/mol. The van der Waals surface area contributed by atoms with Gasteiger partial charge in [-0.2, -0.15) is 0 Å². The summed E-state index contributed by atoms with van der Waals surface area (Å²) < 4.78 is 1.19. The molecule has 1 fully saturated rings. The molecule has 2 aromatic rings. The van der Waals surface area contributed by atoms with E-state index < -0.39 is 0 Å². The summed E-state index contributed by atoms with van der Waals surface area (Å²) in [6.45, 7) is 4.49. The van der Waals surface area contributed by atoms with Gasteiger partial charge in [-0.05, 0) is 68.9 Å². The van der Waals surface area contributed by atoms with Crippen LogP contribution in [0.4, 0.5) is 0 Å². The number of thiophene rings is 1. The van der Waals surface area contributed by atoms with Gasteiger partial charge in [0, 0.05) is 26.3 Å². The van der Waals surface area contributed by atoms with Crippen LogP contribution in [0.15, 0.2) is 40.9 Å². The van der Waals surface area contributed by atoms with Crippen molar-refractivity contribution in [3.8, 4) is 0 Å². The Kier molecular flexibility index (Phi) is 4.82. The first kappa shape index (κ1) is 15.3. The first-order chi connectivity index (χ1) is 10.1. The summed E-state index contributed by atoms with van der Waals surface area (Å²) in [4.78, 5) is 2.91. The van der Waals surface area contributed by atoms with Crippen molar-refractivity contribution >= 4 is 27.3 Å². The first-order valence-corrected chi connectivity index (χ1v) is 9.28. The molecule has 0 spiro atoms. The molecule has 1 unspecified atom stereocenters. The Hall–Kier alpha value is -0.640. The van der Waals surface area contributed by atoms with Gasteiger partial charge in [0.2, 0.25) is 0 Å². The van der Waals surface area contributed by atoms with E-state index in [1.807, 2.05) is 11.3 Å². The van der Waals surface area contributed by atoms with Crippen molar-refractivity contribution in [2.24, 2.45) is 0 Å². The van der Waals surface area contributed by atoms with Crippen LogP contribution in [0.25, 0.3) is 0 Å². The summed E-state index contributed by atoms with van der Waals surface area (Å²) in [6, 6.07) is 14.5. The van der Waals surface area contributed by atoms with Gasteiger partial charge >= 0.3 is 0 Å². The quantitative estimate of drug-likeness (QED) is 0.761. The van der Waals surface area contributed by atoms with Crippen molar-refractivity contribution in [1.82, 2.24) is 5.32 Å². The largest absolute Gasteiger partial charge is 0.311 e. The monoisotopic (exact) mass is 363 g/mol. The van der Waals surface area contributed by atoms with E-state index in [-0.39, 0.29) is 0 Å². The SMILES string of the molecule is Cc1ccc(CC(C)NC2CC(c3cccc(Br)c3)C2)s1. The van der Waals surface area contributed by atoms with Gasteiger partial charge in [0.15, 0.2) is 0 Å². The molecule has 0 saturated heterocycles. The molecular formula is C18H22BrNS. The summed E-state index contributed by atoms with van der Waals surface area (Å²) in [5.41, 5.74) is 1.48. The molecule has 0 bridgehead atoms. The molecule has 0 aliphatic heterocycles. The van der Waals surface area contributed by atoms with Gasteiger partial charge in [-0.15, -0.1) is 11.3 Å². The van der Waals surface area contributed by atoms with Crippen LogP contribution in [0.1, 0.15) is 41.0 Å². The van der Waals surface area contributed by atoms with E-state index in [2.05, 4.69) is 71.5 Å². The van der Waals surface area contributed by atoms with Crippen LogP contribution in [-0.4, -0.2) is 12.1 Å². The maximum Gasteiger partial charge on any atom is 0.0178 e. The Morgan fingerprint density at radius 1 is 1.29 bits per heavy atom. The van der Waals surface area contributed by atoms with Crippen molar-refractivity contribution in [2.45, 2.75) is 51.1 Å². The van der Waals surface area contributed by atoms with Crippen LogP contribution in [-0.2, 0) is 6.42 Å². The second-order valence-electron chi connectivity index (χ2n) is 6.20. The van der Waals surface area contributed by atoms with Gasteiger partial charge in [0.1, 0.15) is 0 Å². The molecular weight excluding hydrogens is 342 g/mol. The summed E-state index contributed by atoms with van der Waals surface area (Å²) in [6.07, 6.45) is 3.69. The molecule has 1 atom stereocenters. The number of rotatable bonds is 5. The Morgan fingerprint density at radius 2 is 2.10 bits per heavy atom. The molecule has 1 heterocycles. The van der Waals surface area contributed by atoms with Gasteiger partial charge in [0.05, 0.1) is 0 Å². The molecule has 3 rings (SSSR count). The summed E-state index contributed by atoms with van der Waals surface area (Å²) >= 11 is 5.49. The number of halogens is 1. The molecule has 112 valence electrons. The lowest BCUT2D eigenvalue weighted by Crippen LogP contribution is -2.45. The van der Waals surface area contributed by atoms with Gasteiger partial charge in [-0.25, -0.2) is 0 Å². The van der Waals surface area contributed by atoms with Gasteiger partial charge < -0.3 is 5.32 Å². The van der Waals surface area contributed by atoms with Crippen LogP contribution in [0, 0.1) is 6.92 Å². The lowest BCUT2D eigenvalue weighted by molar-refractivity contribution is 0.269. The number of aryl methyl sites for hydroxylation is 1. The van der Waals surface area contributed by atoms with E-state index in [9.17, 15) is 0 Å². The Morgan fingerprint density at radius 3 is 2.76 bits per heavy atom. The molecule has 1 N–H and O–H groups in total. The molecule has 3 heteroatoms. The van der Waals surface area contributed by atoms with Gasteiger partial charge in [0.25, 0.3) is 0 Å². The van der Waals surface area contributed by atoms with E-state index in [1.54, 1.807) is 0 Å². The molecule has 0 radical (unpaired) electrons. The maximum absolute atomic E-state index is 3.78. The Bertz CT molecular complexity index is 601. The summed E-state index contributed by atoms with van der Waals surface area (Å²) in [5, 5.41) is 3.78. The van der Waals surface area contributed by atoms with E-state index in [4.69, 9.17) is 0 Å². The Balaban J connectivity index is 1.46. The van der Waals surface area contributed by atoms with Gasteiger partial charge in [-0.3, -0.25) is 0 Å². The van der Waals surface area contributed by atoms with Crippen molar-refractivity contribution in [3.63, 3.8) is 0 Å². The van der Waals surface area contributed by atoms with E-state index in [0.29, 0.717) is 12.1 Å². The first-order valence-electron chi connectivity index (χ1n) is 7.67. The number of benzene rings is 1. The zero-order chi connectivity index (χ0) is 14.8. The molecule has 21 heavy (non-hydrogen) atoms. The van der Waals surface area contributed by atoms with Crippen molar-refractivity contribution in [3.05, 3.63) is 56.2 Å². The van der Waals surface area contributed by atoms with Crippen LogP contribution in [0.5, 0.6) is 0 Å². The lowest BCUT2D eigenvalue weighted by Gasteiger charge is -2.38. The Labute approximate surface area is 139 Å². The highest BCUT2D eigenvalue weighted by atomic mass is 79.9. The highest BCUT2D eigenvalue weighted by molar-refractivity contribution is 9.10. The minimum Gasteiger partial charge on any atom is -0.311 e. The zero-order valence-corrected chi connectivity index (χ0v) is 15.0. The second-order valence-corrected chi connectivity index (χ2v) is 8.49. The number of nitrogens with one attached hydrogen (secondary N) is 1. The normalized spacial score (nSPS) is 22.8. The standard InChI is InChI=1S/C18H22BrNS/c1-12(8-18-7-6-13(2)21-18)20-17-10-15(11-17)14-4-3-5-16(19)9-14/h3-7,9,12,15,17,20H,8,10-11H2,1-2H3. The highest BCUT2D eigenvalue weighted by Crippen LogP contribution is 2.38. The van der Waals surface area contributed by atoms with Crippen LogP contribution < -0.4 is 5.32 Å². The van der Waals surface area contributed by atoms with Crippen LogP contribution in [0.2, 0.25) is 0 Å². The molecule has 1 saturated carbocycles. The van der Waals surface area contributed by atoms with E-state index in [1.165, 1.54) is 32.6 Å². The molecule has 1 aliphatic carbocycles. The predicted octanol–water partition coefficient (Wildman–Crippen LogP) is 5.29. The fourth-order valence-electron chi connectivity index (χ4n) is 3.14. The summed E-state index contributed by atoms with van der Waals surface area (Å²) in [5.74, 6) is 0.733. The zero-order valence-electron chi connectivity index (χ0n) is 12.6. The third-order valence-corrected chi connectivity index (χ3v) is 5.80. The maximum atomic E-state index is 3.78. The van der Waals surface area contributed by atoms with Crippen LogP contribution >= 0.6 is 27.3 Å². The summed E-state index contributed by atoms with van der Waals surface area (Å²) in [7, 11) is 0. The molecule has 0 amide bonds. The van der Waals surface area contributed by atoms with Crippen LogP contribution in [0.3, 0.4) is 0 Å². The van der Waals surface area contributed by atoms with Gasteiger partial charge in [-0.1, -0.05) is 28.1 Å². The van der Waals surface area contributed by atoms with Crippen molar-refractivity contribution < 1.29 is 0 Å². The molecule has 1 aromatic heterocycles. The molecule has 1 aliphatic rings. The molecule has 1 aromatic carbocycles. The lowest BCUT2D eigenvalue weighted by atomic mass is 9.75. The highest BCUT2D eigenvalue weighted by Gasteiger charge is 2.30. The van der Waals surface area contributed by atoms with Crippen molar-refractivity contribution in [1.29, 1.82) is 0 Å². The third kappa shape index (κ3) is 3.97. The topological polar surface area (TPSA) is 12.0 Å². The number of hydrogen-bond donors (Lipinski definition) is 1. The minimum atomic E-state index is 0.566. The molecule has 1 nitrogen and oxygen atoms in total. The van der Waals surface area contributed by atoms with E-state index in [0.717, 1.165) is 12.3 Å². The smallest absolute Gasteiger partial charge is 0.0178 e. The van der Waals surface area contributed by atoms with Crippen molar-refractivity contribution in [2.75, 3.05) is 0 Å². The number of hydrogen-bond acceptors (Lipinski definition) is 2. The average molecular weight is 364 g/mol. The fraction of sp³-hybridized carbons (Fsp3) is 0.444. The average Bonchev–Trinajstić information content (AvgIpc) is 2.78. The second kappa shape index (κ2) is 6.64. The fourth-order valence-corrected chi connectivity index (χ4v) is 4.58. The third-order valence-electron chi connectivity index (χ3n) is 4.28. The minimum absolute atomic E-state index is 0.566. The van der Waals surface area contributed by atoms with E-state index >= 15 is 0 Å².